The van der Waals surface area contributed by atoms with Crippen LogP contribution in [-0.2, 0) is 17.6 Å². The molecule has 4 rings (SSSR count). The highest BCUT2D eigenvalue weighted by atomic mass is 32.1. The Morgan fingerprint density at radius 2 is 2.03 bits per heavy atom. The van der Waals surface area contributed by atoms with Crippen molar-refractivity contribution in [2.24, 2.45) is 5.41 Å². The molecule has 1 aromatic carbocycles. The molecule has 162 valence electrons. The van der Waals surface area contributed by atoms with Crippen LogP contribution in [-0.4, -0.2) is 42.0 Å². The molecule has 1 aliphatic rings. The number of carbonyl (C=O) groups is 2. The lowest BCUT2D eigenvalue weighted by Crippen LogP contribution is -2.44. The Kier molecular flexibility index (Phi) is 5.96. The number of likely N-dealkylation sites (tertiary alicyclic amines) is 1. The lowest BCUT2D eigenvalue weighted by molar-refractivity contribution is -0.129. The second kappa shape index (κ2) is 8.67. The molecule has 0 bridgehead atoms. The summed E-state index contributed by atoms with van der Waals surface area (Å²) in [5, 5.41) is 8.90. The topological polar surface area (TPSA) is 75.4 Å². The van der Waals surface area contributed by atoms with Crippen molar-refractivity contribution in [2.75, 3.05) is 20.1 Å². The first-order chi connectivity index (χ1) is 15.0. The van der Waals surface area contributed by atoms with Gasteiger partial charge in [-0.1, -0.05) is 42.4 Å². The molecular weight excluding hydrogens is 410 g/mol. The van der Waals surface area contributed by atoms with Gasteiger partial charge < -0.3 is 14.7 Å². The Bertz CT molecular complexity index is 1070. The zero-order chi connectivity index (χ0) is 22.0. The number of hydrogen-bond acceptors (Lipinski definition) is 5. The largest absolute Gasteiger partial charge is 0.361 e. The summed E-state index contributed by atoms with van der Waals surface area (Å²) >= 11 is 1.71. The van der Waals surface area contributed by atoms with E-state index in [2.05, 4.69) is 46.2 Å². The third kappa shape index (κ3) is 4.02. The maximum absolute atomic E-state index is 13.2. The summed E-state index contributed by atoms with van der Waals surface area (Å²) in [5.41, 5.74) is 2.82. The summed E-state index contributed by atoms with van der Waals surface area (Å²) in [6.07, 6.45) is 1.84. The Hall–Kier alpha value is -2.93. The molecule has 0 radical (unpaired) electrons. The number of aryl methyl sites for hydroxylation is 2. The normalized spacial score (nSPS) is 18.4. The average Bonchev–Trinajstić information content (AvgIpc) is 3.54. The third-order valence-electron chi connectivity index (χ3n) is 6.13. The Morgan fingerprint density at radius 3 is 2.68 bits per heavy atom. The summed E-state index contributed by atoms with van der Waals surface area (Å²) in [5.74, 6) is 0.403. The molecule has 3 heterocycles. The van der Waals surface area contributed by atoms with Crippen LogP contribution in [0, 0.1) is 12.3 Å². The van der Waals surface area contributed by atoms with Crippen molar-refractivity contribution in [3.63, 3.8) is 0 Å². The van der Waals surface area contributed by atoms with Crippen LogP contribution >= 0.6 is 11.3 Å². The van der Waals surface area contributed by atoms with Gasteiger partial charge in [0.25, 0.3) is 5.91 Å². The van der Waals surface area contributed by atoms with E-state index in [0.717, 1.165) is 5.56 Å². The molecule has 1 fully saturated rings. The Morgan fingerprint density at radius 1 is 1.26 bits per heavy atom. The van der Waals surface area contributed by atoms with Crippen LogP contribution in [0.15, 0.2) is 46.3 Å². The van der Waals surface area contributed by atoms with E-state index in [1.165, 1.54) is 10.4 Å². The molecule has 1 N–H and O–H groups in total. The Labute approximate surface area is 186 Å². The van der Waals surface area contributed by atoms with Crippen molar-refractivity contribution in [3.8, 4) is 10.4 Å². The van der Waals surface area contributed by atoms with Crippen molar-refractivity contribution in [2.45, 2.75) is 33.1 Å². The van der Waals surface area contributed by atoms with Crippen LogP contribution in [0.4, 0.5) is 0 Å². The summed E-state index contributed by atoms with van der Waals surface area (Å²) in [6, 6.07) is 12.5. The fourth-order valence-electron chi connectivity index (χ4n) is 4.43. The van der Waals surface area contributed by atoms with Crippen molar-refractivity contribution < 1.29 is 14.1 Å². The van der Waals surface area contributed by atoms with Crippen molar-refractivity contribution >= 4 is 23.2 Å². The van der Waals surface area contributed by atoms with Gasteiger partial charge in [-0.2, -0.15) is 0 Å². The van der Waals surface area contributed by atoms with E-state index in [-0.39, 0.29) is 11.8 Å². The zero-order valence-corrected chi connectivity index (χ0v) is 18.9. The quantitative estimate of drug-likeness (QED) is 0.630. The second-order valence-corrected chi connectivity index (χ2v) is 9.05. The molecule has 1 saturated heterocycles. The standard InChI is InChI=1S/C24H27N3O3S/c1-4-19-21(16(2)30-26-19)22(28)27-12-11-24(15-27,23(29)25-3)14-17-7-9-18(10-8-17)20-6-5-13-31-20/h5-10,13H,4,11-12,14-15H2,1-3H3,(H,25,29)/t24-/m1/s1. The molecule has 31 heavy (non-hydrogen) atoms. The molecule has 3 aromatic rings. The highest BCUT2D eigenvalue weighted by Gasteiger charge is 2.46. The summed E-state index contributed by atoms with van der Waals surface area (Å²) in [6.45, 7) is 4.63. The molecule has 0 unspecified atom stereocenters. The first kappa shape index (κ1) is 21.3. The van der Waals surface area contributed by atoms with Gasteiger partial charge in [0.2, 0.25) is 5.91 Å². The number of nitrogens with one attached hydrogen (secondary N) is 1. The van der Waals surface area contributed by atoms with Gasteiger partial charge in [-0.25, -0.2) is 0 Å². The minimum absolute atomic E-state index is 0.0251. The molecule has 2 amide bonds. The number of nitrogens with zero attached hydrogens (tertiary/aromatic N) is 2. The number of thiophene rings is 1. The monoisotopic (exact) mass is 437 g/mol. The number of hydrogen-bond donors (Lipinski definition) is 1. The fraction of sp³-hybridized carbons (Fsp3) is 0.375. The van der Waals surface area contributed by atoms with Crippen LogP contribution in [0.1, 0.15) is 40.7 Å². The minimum Gasteiger partial charge on any atom is -0.361 e. The summed E-state index contributed by atoms with van der Waals surface area (Å²) in [7, 11) is 1.66. The second-order valence-electron chi connectivity index (χ2n) is 8.10. The van der Waals surface area contributed by atoms with Gasteiger partial charge in [0.05, 0.1) is 11.1 Å². The van der Waals surface area contributed by atoms with E-state index < -0.39 is 5.41 Å². The number of carbonyl (C=O) groups excluding carboxylic acids is 2. The highest BCUT2D eigenvalue weighted by molar-refractivity contribution is 7.13. The molecule has 7 heteroatoms. The number of benzene rings is 1. The van der Waals surface area contributed by atoms with Gasteiger partial charge in [-0.3, -0.25) is 9.59 Å². The first-order valence-electron chi connectivity index (χ1n) is 10.6. The molecular formula is C24H27N3O3S. The molecule has 1 atom stereocenters. The summed E-state index contributed by atoms with van der Waals surface area (Å²) < 4.78 is 5.25. The SMILES string of the molecule is CCc1noc(C)c1C(=O)N1CC[C@](Cc2ccc(-c3cccs3)cc2)(C(=O)NC)C1. The van der Waals surface area contributed by atoms with Crippen molar-refractivity contribution in [1.29, 1.82) is 0 Å². The van der Waals surface area contributed by atoms with Crippen LogP contribution in [0.25, 0.3) is 10.4 Å². The maximum Gasteiger partial charge on any atom is 0.259 e. The highest BCUT2D eigenvalue weighted by Crippen LogP contribution is 2.36. The zero-order valence-electron chi connectivity index (χ0n) is 18.1. The fourth-order valence-corrected chi connectivity index (χ4v) is 5.17. The van der Waals surface area contributed by atoms with Gasteiger partial charge in [-0.15, -0.1) is 11.3 Å². The van der Waals surface area contributed by atoms with Gasteiger partial charge in [0, 0.05) is 25.0 Å². The lowest BCUT2D eigenvalue weighted by atomic mass is 9.79. The lowest BCUT2D eigenvalue weighted by Gasteiger charge is -2.28. The predicted molar refractivity (Wildman–Crippen MR) is 121 cm³/mol. The van der Waals surface area contributed by atoms with Crippen LogP contribution in [0.5, 0.6) is 0 Å². The van der Waals surface area contributed by atoms with Crippen LogP contribution in [0.2, 0.25) is 0 Å². The maximum atomic E-state index is 13.2. The van der Waals surface area contributed by atoms with Crippen LogP contribution in [0.3, 0.4) is 0 Å². The number of amides is 2. The molecule has 1 aliphatic heterocycles. The molecule has 0 spiro atoms. The van der Waals surface area contributed by atoms with E-state index in [1.807, 2.05) is 13.0 Å². The minimum atomic E-state index is -0.647. The Balaban J connectivity index is 1.56. The number of rotatable bonds is 6. The first-order valence-corrected chi connectivity index (χ1v) is 11.4. The van der Waals surface area contributed by atoms with E-state index in [9.17, 15) is 9.59 Å². The third-order valence-corrected chi connectivity index (χ3v) is 7.05. The van der Waals surface area contributed by atoms with Gasteiger partial charge in [-0.05, 0) is 48.8 Å². The van der Waals surface area contributed by atoms with E-state index in [1.54, 1.807) is 30.2 Å². The van der Waals surface area contributed by atoms with Gasteiger partial charge in [0.1, 0.15) is 11.3 Å². The molecule has 0 aliphatic carbocycles. The predicted octanol–water partition coefficient (Wildman–Crippen LogP) is 4.09. The van der Waals surface area contributed by atoms with E-state index >= 15 is 0 Å². The molecule has 2 aromatic heterocycles. The average molecular weight is 438 g/mol. The van der Waals surface area contributed by atoms with Gasteiger partial charge in [0.15, 0.2) is 0 Å². The smallest absolute Gasteiger partial charge is 0.259 e. The van der Waals surface area contributed by atoms with Crippen LogP contribution < -0.4 is 5.32 Å². The van der Waals surface area contributed by atoms with E-state index in [4.69, 9.17) is 4.52 Å². The molecule has 0 saturated carbocycles. The van der Waals surface area contributed by atoms with E-state index in [0.29, 0.717) is 49.4 Å². The summed E-state index contributed by atoms with van der Waals surface area (Å²) in [4.78, 5) is 29.2. The molecule has 6 nitrogen and oxygen atoms in total. The van der Waals surface area contributed by atoms with Crippen molar-refractivity contribution in [3.05, 3.63) is 64.4 Å². The van der Waals surface area contributed by atoms with Gasteiger partial charge >= 0.3 is 0 Å². The van der Waals surface area contributed by atoms with Crippen molar-refractivity contribution in [1.82, 2.24) is 15.4 Å². The number of aromatic nitrogens is 1.